The van der Waals surface area contributed by atoms with Crippen LogP contribution in [0.2, 0.25) is 0 Å². The van der Waals surface area contributed by atoms with Gasteiger partial charge >= 0.3 is 7.12 Å². The molecule has 28 heavy (non-hydrogen) atoms. The van der Waals surface area contributed by atoms with E-state index in [9.17, 15) is 15.1 Å². The lowest BCUT2D eigenvalue weighted by Gasteiger charge is -2.26. The van der Waals surface area contributed by atoms with Crippen LogP contribution in [-0.2, 0) is 15.8 Å². The van der Waals surface area contributed by atoms with Crippen LogP contribution in [-0.4, -0.2) is 47.7 Å². The lowest BCUT2D eigenvalue weighted by atomic mass is 9.73. The highest BCUT2D eigenvalue weighted by molar-refractivity contribution is 6.60. The normalized spacial score (nSPS) is 21.6. The smallest absolute Gasteiger partial charge is 0.423 e. The monoisotopic (exact) mass is 381 g/mol. The van der Waals surface area contributed by atoms with E-state index in [0.717, 1.165) is 16.7 Å². The van der Waals surface area contributed by atoms with Crippen LogP contribution in [0.25, 0.3) is 0 Å². The van der Waals surface area contributed by atoms with Crippen molar-refractivity contribution in [2.45, 2.75) is 18.9 Å². The molecule has 2 aliphatic rings. The van der Waals surface area contributed by atoms with Gasteiger partial charge in [0.2, 0.25) is 0 Å². The summed E-state index contributed by atoms with van der Waals surface area (Å²) in [7, 11) is -0.924. The number of benzene rings is 1. The van der Waals surface area contributed by atoms with Crippen LogP contribution >= 0.6 is 0 Å². The molecule has 2 aliphatic heterocycles. The summed E-state index contributed by atoms with van der Waals surface area (Å²) in [6, 6.07) is 7.47. The van der Waals surface area contributed by atoms with Crippen LogP contribution in [0.3, 0.4) is 0 Å². The Morgan fingerprint density at radius 2 is 2.32 bits per heavy atom. The lowest BCUT2D eigenvalue weighted by molar-refractivity contribution is 0.0342. The van der Waals surface area contributed by atoms with Gasteiger partial charge in [-0.1, -0.05) is 6.07 Å². The van der Waals surface area contributed by atoms with Gasteiger partial charge in [-0.3, -0.25) is 9.48 Å². The Morgan fingerprint density at radius 3 is 3.11 bits per heavy atom. The number of nitrogens with zero attached hydrogens (tertiary/aromatic N) is 3. The van der Waals surface area contributed by atoms with Crippen molar-refractivity contribution >= 4 is 30.0 Å². The van der Waals surface area contributed by atoms with Gasteiger partial charge in [0.1, 0.15) is 5.56 Å². The number of anilines is 2. The third-order valence-corrected chi connectivity index (χ3v) is 5.15. The molecular formula is C18H20BN5O4. The van der Waals surface area contributed by atoms with Crippen molar-refractivity contribution in [1.82, 2.24) is 9.78 Å². The second-order valence-electron chi connectivity index (χ2n) is 6.91. The number of ether oxygens (including phenoxy) is 1. The van der Waals surface area contributed by atoms with E-state index in [0.29, 0.717) is 38.5 Å². The molecular weight excluding hydrogens is 361 g/mol. The molecule has 1 amide bonds. The number of amides is 1. The van der Waals surface area contributed by atoms with Gasteiger partial charge in [-0.25, -0.2) is 0 Å². The van der Waals surface area contributed by atoms with Crippen molar-refractivity contribution in [3.63, 3.8) is 0 Å². The summed E-state index contributed by atoms with van der Waals surface area (Å²) >= 11 is 0. The van der Waals surface area contributed by atoms with Crippen LogP contribution in [0.15, 0.2) is 24.4 Å². The molecule has 0 radical (unpaired) electrons. The minimum absolute atomic E-state index is 0.239. The Bertz CT molecular complexity index is 941. The van der Waals surface area contributed by atoms with Crippen molar-refractivity contribution in [1.29, 1.82) is 5.26 Å². The summed E-state index contributed by atoms with van der Waals surface area (Å²) in [6.07, 6.45) is 2.86. The van der Waals surface area contributed by atoms with E-state index in [4.69, 9.17) is 15.1 Å². The topological polar surface area (TPSA) is 135 Å². The van der Waals surface area contributed by atoms with Crippen molar-refractivity contribution in [3.05, 3.63) is 35.5 Å². The maximum Gasteiger partial charge on any atom is 0.491 e. The third-order valence-electron chi connectivity index (χ3n) is 5.15. The van der Waals surface area contributed by atoms with Gasteiger partial charge in [0, 0.05) is 25.1 Å². The van der Waals surface area contributed by atoms with Crippen LogP contribution in [0.1, 0.15) is 28.4 Å². The molecule has 3 heterocycles. The summed E-state index contributed by atoms with van der Waals surface area (Å²) < 4.78 is 12.3. The first-order valence-electron chi connectivity index (χ1n) is 9.12. The standard InChI is InChI=1S/C18H20BN5O4/c20-8-12-3-5-27-10-16(12)24-9-14(17(21)25)18(23-24)22-13-1-2-15-11(7-13)4-6-28-19(15)26/h1-2,7,9,12,16,26H,3-6,10H2,(H2,21,25)(H,22,23)/t12-,16+/m0/s1. The SMILES string of the molecule is N#C[C@@H]1CCOC[C@H]1n1cc(C(N)=O)c(Nc2ccc3c(c2)CCOB3O)n1. The van der Waals surface area contributed by atoms with Crippen LogP contribution in [0.5, 0.6) is 0 Å². The molecule has 0 unspecified atom stereocenters. The Hall–Kier alpha value is -2.87. The van der Waals surface area contributed by atoms with Crippen LogP contribution in [0.4, 0.5) is 11.5 Å². The Labute approximate surface area is 162 Å². The molecule has 0 saturated carbocycles. The molecule has 1 saturated heterocycles. The van der Waals surface area contributed by atoms with E-state index in [1.807, 2.05) is 6.07 Å². The van der Waals surface area contributed by atoms with Gasteiger partial charge in [0.15, 0.2) is 5.82 Å². The third kappa shape index (κ3) is 3.47. The highest BCUT2D eigenvalue weighted by Gasteiger charge is 2.30. The number of hydrogen-bond donors (Lipinski definition) is 3. The molecule has 4 N–H and O–H groups in total. The first-order chi connectivity index (χ1) is 13.6. The first-order valence-corrected chi connectivity index (χ1v) is 9.12. The number of nitrogens with two attached hydrogens (primary N) is 1. The molecule has 0 aliphatic carbocycles. The van der Waals surface area contributed by atoms with Crippen molar-refractivity contribution < 1.29 is 19.2 Å². The molecule has 1 fully saturated rings. The average molecular weight is 381 g/mol. The average Bonchev–Trinajstić information content (AvgIpc) is 3.12. The molecule has 4 rings (SSSR count). The Morgan fingerprint density at radius 1 is 1.46 bits per heavy atom. The van der Waals surface area contributed by atoms with E-state index in [-0.39, 0.29) is 17.5 Å². The van der Waals surface area contributed by atoms with E-state index >= 15 is 0 Å². The predicted octanol–water partition coefficient (Wildman–Crippen LogP) is 0.0870. The molecule has 0 spiro atoms. The lowest BCUT2D eigenvalue weighted by Crippen LogP contribution is -2.41. The molecule has 1 aromatic heterocycles. The molecule has 1 aromatic carbocycles. The summed E-state index contributed by atoms with van der Waals surface area (Å²) in [4.78, 5) is 11.9. The largest absolute Gasteiger partial charge is 0.491 e. The minimum Gasteiger partial charge on any atom is -0.423 e. The zero-order valence-electron chi connectivity index (χ0n) is 15.2. The summed E-state index contributed by atoms with van der Waals surface area (Å²) in [5, 5.41) is 26.9. The number of primary amides is 1. The number of carbonyl (C=O) groups excluding carboxylic acids is 1. The predicted molar refractivity (Wildman–Crippen MR) is 101 cm³/mol. The number of nitrogens with one attached hydrogen (secondary N) is 1. The molecule has 9 nitrogen and oxygen atoms in total. The Kier molecular flexibility index (Phi) is 5.04. The molecule has 2 aromatic rings. The van der Waals surface area contributed by atoms with Crippen molar-refractivity contribution in [2.24, 2.45) is 11.7 Å². The van der Waals surface area contributed by atoms with Gasteiger partial charge < -0.3 is 25.5 Å². The van der Waals surface area contributed by atoms with Crippen LogP contribution < -0.4 is 16.5 Å². The number of nitriles is 1. The van der Waals surface area contributed by atoms with E-state index < -0.39 is 13.0 Å². The first kappa shape index (κ1) is 18.5. The zero-order valence-corrected chi connectivity index (χ0v) is 15.2. The molecule has 144 valence electrons. The fourth-order valence-electron chi connectivity index (χ4n) is 3.62. The van der Waals surface area contributed by atoms with E-state index in [1.54, 1.807) is 23.0 Å². The number of fused-ring (bicyclic) bond motifs is 1. The molecule has 0 bridgehead atoms. The van der Waals surface area contributed by atoms with Gasteiger partial charge in [-0.15, -0.1) is 0 Å². The van der Waals surface area contributed by atoms with Gasteiger partial charge in [0.25, 0.3) is 5.91 Å². The molecule has 10 heteroatoms. The quantitative estimate of drug-likeness (QED) is 0.639. The second-order valence-corrected chi connectivity index (χ2v) is 6.91. The van der Waals surface area contributed by atoms with E-state index in [1.165, 1.54) is 0 Å². The maximum absolute atomic E-state index is 11.9. The van der Waals surface area contributed by atoms with E-state index in [2.05, 4.69) is 16.5 Å². The van der Waals surface area contributed by atoms with Crippen molar-refractivity contribution in [3.8, 4) is 6.07 Å². The number of rotatable bonds is 4. The summed E-state index contributed by atoms with van der Waals surface area (Å²) in [6.45, 7) is 1.33. The minimum atomic E-state index is -0.924. The fourth-order valence-corrected chi connectivity index (χ4v) is 3.62. The number of carbonyl (C=O) groups is 1. The van der Waals surface area contributed by atoms with Gasteiger partial charge in [0.05, 0.1) is 24.6 Å². The fraction of sp³-hybridized carbons (Fsp3) is 0.389. The maximum atomic E-state index is 11.9. The van der Waals surface area contributed by atoms with Crippen LogP contribution in [0, 0.1) is 17.2 Å². The second kappa shape index (κ2) is 7.63. The zero-order chi connectivity index (χ0) is 19.7. The molecule has 2 atom stereocenters. The van der Waals surface area contributed by atoms with Gasteiger partial charge in [-0.2, -0.15) is 10.4 Å². The summed E-state index contributed by atoms with van der Waals surface area (Å²) in [5.74, 6) is -0.532. The number of aromatic nitrogens is 2. The highest BCUT2D eigenvalue weighted by atomic mass is 16.5. The van der Waals surface area contributed by atoms with Crippen molar-refractivity contribution in [2.75, 3.05) is 25.1 Å². The number of hydrogen-bond acceptors (Lipinski definition) is 7. The highest BCUT2D eigenvalue weighted by Crippen LogP contribution is 2.28. The Balaban J connectivity index is 1.63. The summed E-state index contributed by atoms with van der Waals surface area (Å²) in [5.41, 5.74) is 8.19. The van der Waals surface area contributed by atoms with Gasteiger partial charge in [-0.05, 0) is 36.0 Å².